The largest absolute Gasteiger partial charge is 0.478 e. The van der Waals surface area contributed by atoms with Gasteiger partial charge in [0.15, 0.2) is 0 Å². The van der Waals surface area contributed by atoms with E-state index in [0.717, 1.165) is 0 Å². The summed E-state index contributed by atoms with van der Waals surface area (Å²) in [6, 6.07) is 1.44. The second-order valence-electron chi connectivity index (χ2n) is 5.51. The number of nitrogens with zero attached hydrogens (tertiary/aromatic N) is 2. The molecule has 104 valence electrons. The predicted molar refractivity (Wildman–Crippen MR) is 72.4 cm³/mol. The van der Waals surface area contributed by atoms with Gasteiger partial charge in [0, 0.05) is 13.1 Å². The molecule has 0 aromatic carbocycles. The van der Waals surface area contributed by atoms with E-state index in [2.05, 4.69) is 4.98 Å². The van der Waals surface area contributed by atoms with Crippen molar-refractivity contribution in [1.29, 1.82) is 0 Å². The Morgan fingerprint density at radius 2 is 2.32 bits per heavy atom. The van der Waals surface area contributed by atoms with Crippen molar-refractivity contribution in [3.63, 3.8) is 0 Å². The molecule has 1 aromatic rings. The fourth-order valence-corrected chi connectivity index (χ4v) is 2.50. The molecule has 0 bridgehead atoms. The van der Waals surface area contributed by atoms with Crippen molar-refractivity contribution in [2.45, 2.75) is 32.5 Å². The molecule has 0 aliphatic carbocycles. The van der Waals surface area contributed by atoms with E-state index < -0.39 is 5.97 Å². The van der Waals surface area contributed by atoms with Crippen LogP contribution in [0, 0.1) is 0 Å². The Morgan fingerprint density at radius 1 is 1.63 bits per heavy atom. The van der Waals surface area contributed by atoms with Crippen LogP contribution in [-0.4, -0.2) is 40.9 Å². The monoisotopic (exact) mass is 265 g/mol. The lowest BCUT2D eigenvalue weighted by Gasteiger charge is -2.42. The molecule has 3 N–H and O–H groups in total. The van der Waals surface area contributed by atoms with E-state index in [1.807, 2.05) is 25.7 Å². The summed E-state index contributed by atoms with van der Waals surface area (Å²) in [5.41, 5.74) is 5.75. The molecule has 2 heterocycles. The molecule has 1 unspecified atom stereocenters. The third-order valence-electron chi connectivity index (χ3n) is 2.99. The highest BCUT2D eigenvalue weighted by atomic mass is 16.5. The van der Waals surface area contributed by atoms with Gasteiger partial charge in [0.2, 0.25) is 0 Å². The average molecular weight is 265 g/mol. The number of nitrogen functional groups attached to an aromatic ring is 1. The van der Waals surface area contributed by atoms with Crippen LogP contribution in [0.5, 0.6) is 0 Å². The lowest BCUT2D eigenvalue weighted by Crippen LogP contribution is -2.52. The zero-order valence-electron chi connectivity index (χ0n) is 11.4. The summed E-state index contributed by atoms with van der Waals surface area (Å²) in [5, 5.41) is 9.26. The van der Waals surface area contributed by atoms with E-state index in [1.165, 1.54) is 12.3 Å². The number of nitrogens with two attached hydrogens (primary N) is 1. The Kier molecular flexibility index (Phi) is 3.36. The van der Waals surface area contributed by atoms with Gasteiger partial charge in [-0.05, 0) is 26.8 Å². The molecular weight excluding hydrogens is 246 g/mol. The van der Waals surface area contributed by atoms with E-state index >= 15 is 0 Å². The summed E-state index contributed by atoms with van der Waals surface area (Å²) in [4.78, 5) is 17.4. The number of rotatable bonds is 2. The fraction of sp³-hybridized carbons (Fsp3) is 0.538. The number of aromatic nitrogens is 1. The van der Waals surface area contributed by atoms with Gasteiger partial charge in [-0.15, -0.1) is 0 Å². The van der Waals surface area contributed by atoms with Gasteiger partial charge in [-0.3, -0.25) is 0 Å². The zero-order chi connectivity index (χ0) is 14.2. The van der Waals surface area contributed by atoms with E-state index in [4.69, 9.17) is 10.5 Å². The van der Waals surface area contributed by atoms with Crippen LogP contribution in [0.25, 0.3) is 0 Å². The summed E-state index contributed by atoms with van der Waals surface area (Å²) in [5.74, 6) is -0.573. The van der Waals surface area contributed by atoms with Crippen LogP contribution in [0.2, 0.25) is 0 Å². The van der Waals surface area contributed by atoms with Crippen LogP contribution >= 0.6 is 0 Å². The molecule has 1 aliphatic rings. The van der Waals surface area contributed by atoms with Crippen molar-refractivity contribution >= 4 is 17.5 Å². The molecule has 19 heavy (non-hydrogen) atoms. The number of carbonyl (C=O) groups is 1. The molecule has 0 spiro atoms. The minimum absolute atomic E-state index is 0.0183. The maximum absolute atomic E-state index is 11.3. The number of pyridine rings is 1. The second kappa shape index (κ2) is 4.70. The molecule has 1 fully saturated rings. The first-order valence-corrected chi connectivity index (χ1v) is 6.20. The first kappa shape index (κ1) is 13.6. The van der Waals surface area contributed by atoms with E-state index in [9.17, 15) is 9.90 Å². The SMILES string of the molecule is CC1CN(c2ncc(N)cc2C(=O)O)CC(C)(C)O1. The molecule has 0 radical (unpaired) electrons. The molecule has 0 amide bonds. The molecular formula is C13H19N3O3. The Bertz CT molecular complexity index is 502. The third kappa shape index (κ3) is 2.96. The molecule has 2 rings (SSSR count). The number of hydrogen-bond acceptors (Lipinski definition) is 5. The highest BCUT2D eigenvalue weighted by molar-refractivity contribution is 5.94. The quantitative estimate of drug-likeness (QED) is 0.839. The Hall–Kier alpha value is -1.82. The molecule has 1 aromatic heterocycles. The minimum Gasteiger partial charge on any atom is -0.478 e. The van der Waals surface area contributed by atoms with Crippen molar-refractivity contribution in [2.75, 3.05) is 23.7 Å². The van der Waals surface area contributed by atoms with Gasteiger partial charge in [0.1, 0.15) is 11.4 Å². The first-order chi connectivity index (χ1) is 8.78. The molecule has 1 saturated heterocycles. The highest BCUT2D eigenvalue weighted by Gasteiger charge is 2.33. The number of carboxylic acids is 1. The third-order valence-corrected chi connectivity index (χ3v) is 2.99. The maximum atomic E-state index is 11.3. The standard InChI is InChI=1S/C13H19N3O3/c1-8-6-16(7-13(2,3)19-8)11-10(12(17)18)4-9(14)5-15-11/h4-5,8H,6-7,14H2,1-3H3,(H,17,18). The van der Waals surface area contributed by atoms with Crippen molar-refractivity contribution in [1.82, 2.24) is 4.98 Å². The molecule has 6 heteroatoms. The van der Waals surface area contributed by atoms with Crippen molar-refractivity contribution < 1.29 is 14.6 Å². The number of aromatic carboxylic acids is 1. The maximum Gasteiger partial charge on any atom is 0.339 e. The van der Waals surface area contributed by atoms with Crippen LogP contribution in [0.1, 0.15) is 31.1 Å². The molecule has 1 atom stereocenters. The number of ether oxygens (including phenoxy) is 1. The van der Waals surface area contributed by atoms with Crippen molar-refractivity contribution in [3.8, 4) is 0 Å². The van der Waals surface area contributed by atoms with Crippen molar-refractivity contribution in [3.05, 3.63) is 17.8 Å². The summed E-state index contributed by atoms with van der Waals surface area (Å²) < 4.78 is 5.81. The Balaban J connectivity index is 2.38. The van der Waals surface area contributed by atoms with Gasteiger partial charge in [-0.1, -0.05) is 0 Å². The van der Waals surface area contributed by atoms with Crippen molar-refractivity contribution in [2.24, 2.45) is 0 Å². The summed E-state index contributed by atoms with van der Waals surface area (Å²) in [7, 11) is 0. The average Bonchev–Trinajstić information content (AvgIpc) is 2.25. The van der Waals surface area contributed by atoms with Crippen LogP contribution in [0.4, 0.5) is 11.5 Å². The fourth-order valence-electron chi connectivity index (χ4n) is 2.50. The molecule has 6 nitrogen and oxygen atoms in total. The predicted octanol–water partition coefficient (Wildman–Crippen LogP) is 1.37. The van der Waals surface area contributed by atoms with Gasteiger partial charge in [-0.25, -0.2) is 9.78 Å². The number of carboxylic acid groups (broad SMARTS) is 1. The van der Waals surface area contributed by atoms with Gasteiger partial charge >= 0.3 is 5.97 Å². The smallest absolute Gasteiger partial charge is 0.339 e. The van der Waals surface area contributed by atoms with E-state index in [1.54, 1.807) is 0 Å². The number of hydrogen-bond donors (Lipinski definition) is 2. The van der Waals surface area contributed by atoms with Crippen LogP contribution in [0.3, 0.4) is 0 Å². The first-order valence-electron chi connectivity index (χ1n) is 6.20. The van der Waals surface area contributed by atoms with Crippen LogP contribution < -0.4 is 10.6 Å². The number of anilines is 2. The van der Waals surface area contributed by atoms with Crippen LogP contribution in [0.15, 0.2) is 12.3 Å². The van der Waals surface area contributed by atoms with Gasteiger partial charge in [0.25, 0.3) is 0 Å². The minimum atomic E-state index is -1.02. The van der Waals surface area contributed by atoms with E-state index in [0.29, 0.717) is 24.6 Å². The Morgan fingerprint density at radius 3 is 2.89 bits per heavy atom. The van der Waals surface area contributed by atoms with Gasteiger partial charge in [0.05, 0.1) is 23.6 Å². The highest BCUT2D eigenvalue weighted by Crippen LogP contribution is 2.27. The second-order valence-corrected chi connectivity index (χ2v) is 5.51. The Labute approximate surface area is 112 Å². The lowest BCUT2D eigenvalue weighted by atomic mass is 10.0. The summed E-state index contributed by atoms with van der Waals surface area (Å²) in [6.07, 6.45) is 1.50. The summed E-state index contributed by atoms with van der Waals surface area (Å²) >= 11 is 0. The lowest BCUT2D eigenvalue weighted by molar-refractivity contribution is -0.0752. The van der Waals surface area contributed by atoms with E-state index in [-0.39, 0.29) is 17.3 Å². The molecule has 0 saturated carbocycles. The zero-order valence-corrected chi connectivity index (χ0v) is 11.4. The normalized spacial score (nSPS) is 22.3. The summed E-state index contributed by atoms with van der Waals surface area (Å²) in [6.45, 7) is 7.13. The van der Waals surface area contributed by atoms with Gasteiger partial charge in [-0.2, -0.15) is 0 Å². The topological polar surface area (TPSA) is 88.7 Å². The number of morpholine rings is 1. The van der Waals surface area contributed by atoms with Gasteiger partial charge < -0.3 is 20.5 Å². The van der Waals surface area contributed by atoms with Crippen LogP contribution in [-0.2, 0) is 4.74 Å². The molecule has 1 aliphatic heterocycles.